The molecule has 1 aliphatic heterocycles. The molecule has 0 spiro atoms. The molecule has 1 fully saturated rings. The monoisotopic (exact) mass is 231 g/mol. The number of halogens is 1. The van der Waals surface area contributed by atoms with Crippen molar-refractivity contribution in [3.05, 3.63) is 0 Å². The summed E-state index contributed by atoms with van der Waals surface area (Å²) in [5.41, 5.74) is -0.481. The van der Waals surface area contributed by atoms with E-state index < -0.39 is 11.8 Å². The van der Waals surface area contributed by atoms with Gasteiger partial charge in [0.05, 0.1) is 6.17 Å². The number of nitrogens with zero attached hydrogens (tertiary/aromatic N) is 1. The predicted molar refractivity (Wildman–Crippen MR) is 61.1 cm³/mol. The van der Waals surface area contributed by atoms with Gasteiger partial charge in [0.15, 0.2) is 0 Å². The second kappa shape index (κ2) is 5.02. The van der Waals surface area contributed by atoms with E-state index in [1.165, 1.54) is 6.92 Å². The van der Waals surface area contributed by atoms with Crippen LogP contribution in [0.2, 0.25) is 0 Å². The molecule has 0 saturated carbocycles. The molecule has 1 aliphatic rings. The number of hydrogen-bond donors (Lipinski definition) is 0. The Morgan fingerprint density at radius 3 is 2.69 bits per heavy atom. The fourth-order valence-corrected chi connectivity index (χ4v) is 2.02. The number of carbonyl (C=O) groups excluding carboxylic acids is 1. The van der Waals surface area contributed by atoms with Crippen molar-refractivity contribution in [3.63, 3.8) is 0 Å². The van der Waals surface area contributed by atoms with Crippen LogP contribution in [0, 0.1) is 0 Å². The van der Waals surface area contributed by atoms with E-state index in [1.54, 1.807) is 4.90 Å². The van der Waals surface area contributed by atoms with Gasteiger partial charge in [0, 0.05) is 12.6 Å². The van der Waals surface area contributed by atoms with Gasteiger partial charge in [-0.2, -0.15) is 0 Å². The Morgan fingerprint density at radius 1 is 1.56 bits per heavy atom. The van der Waals surface area contributed by atoms with E-state index in [1.807, 2.05) is 20.8 Å². The fraction of sp³-hybridized carbons (Fsp3) is 0.917. The first kappa shape index (κ1) is 13.3. The van der Waals surface area contributed by atoms with Gasteiger partial charge in [-0.15, -0.1) is 0 Å². The van der Waals surface area contributed by atoms with Gasteiger partial charge in [0.1, 0.15) is 5.60 Å². The summed E-state index contributed by atoms with van der Waals surface area (Å²) in [4.78, 5) is 13.5. The van der Waals surface area contributed by atoms with Gasteiger partial charge in [0.2, 0.25) is 0 Å². The van der Waals surface area contributed by atoms with Gasteiger partial charge < -0.3 is 9.64 Å². The molecule has 1 heterocycles. The molecule has 1 rings (SSSR count). The lowest BCUT2D eigenvalue weighted by atomic mass is 10.1. The zero-order valence-electron chi connectivity index (χ0n) is 10.6. The molecule has 1 unspecified atom stereocenters. The van der Waals surface area contributed by atoms with Crippen LogP contribution in [0.5, 0.6) is 0 Å². The van der Waals surface area contributed by atoms with Crippen LogP contribution in [-0.4, -0.2) is 35.4 Å². The Balaban J connectivity index is 2.54. The smallest absolute Gasteiger partial charge is 0.410 e. The van der Waals surface area contributed by atoms with E-state index in [0.717, 1.165) is 12.8 Å². The number of hydrogen-bond acceptors (Lipinski definition) is 2. The van der Waals surface area contributed by atoms with Crippen LogP contribution in [0.4, 0.5) is 9.18 Å². The third kappa shape index (κ3) is 3.99. The van der Waals surface area contributed by atoms with Gasteiger partial charge in [0.25, 0.3) is 0 Å². The van der Waals surface area contributed by atoms with Gasteiger partial charge in [-0.25, -0.2) is 9.18 Å². The van der Waals surface area contributed by atoms with Crippen molar-refractivity contribution in [2.24, 2.45) is 0 Å². The summed E-state index contributed by atoms with van der Waals surface area (Å²) in [6.07, 6.45) is 1.06. The highest BCUT2D eigenvalue weighted by molar-refractivity contribution is 5.68. The molecular weight excluding hydrogens is 209 g/mol. The molecule has 3 nitrogen and oxygen atoms in total. The minimum absolute atomic E-state index is 0.00912. The van der Waals surface area contributed by atoms with Crippen LogP contribution >= 0.6 is 0 Å². The van der Waals surface area contributed by atoms with Crippen LogP contribution < -0.4 is 0 Å². The van der Waals surface area contributed by atoms with E-state index in [0.29, 0.717) is 13.0 Å². The average Bonchev–Trinajstić information content (AvgIpc) is 2.47. The molecule has 0 aliphatic carbocycles. The maximum atomic E-state index is 12.9. The molecule has 2 atom stereocenters. The number of ether oxygens (including phenoxy) is 1. The van der Waals surface area contributed by atoms with E-state index in [2.05, 4.69) is 0 Å². The minimum Gasteiger partial charge on any atom is -0.444 e. The molecular formula is C12H22FNO2. The molecule has 4 heteroatoms. The number of rotatable bonds is 2. The molecule has 94 valence electrons. The van der Waals surface area contributed by atoms with E-state index in [4.69, 9.17) is 4.74 Å². The Bertz CT molecular complexity index is 248. The number of likely N-dealkylation sites (tertiary alicyclic amines) is 1. The Labute approximate surface area is 96.9 Å². The van der Waals surface area contributed by atoms with Crippen molar-refractivity contribution < 1.29 is 13.9 Å². The van der Waals surface area contributed by atoms with Crippen LogP contribution in [0.3, 0.4) is 0 Å². The van der Waals surface area contributed by atoms with Crippen molar-refractivity contribution in [1.29, 1.82) is 0 Å². The van der Waals surface area contributed by atoms with E-state index in [9.17, 15) is 9.18 Å². The highest BCUT2D eigenvalue weighted by atomic mass is 19.1. The lowest BCUT2D eigenvalue weighted by Gasteiger charge is -2.28. The fourth-order valence-electron chi connectivity index (χ4n) is 2.02. The molecule has 1 amide bonds. The van der Waals surface area contributed by atoms with Crippen LogP contribution in [0.25, 0.3) is 0 Å². The Hall–Kier alpha value is -0.800. The zero-order valence-corrected chi connectivity index (χ0v) is 10.6. The highest BCUT2D eigenvalue weighted by Crippen LogP contribution is 2.24. The second-order valence-electron chi connectivity index (χ2n) is 5.49. The molecule has 0 aromatic heterocycles. The molecule has 0 aromatic carbocycles. The van der Waals surface area contributed by atoms with Gasteiger partial charge in [-0.3, -0.25) is 0 Å². The summed E-state index contributed by atoms with van der Waals surface area (Å²) in [5, 5.41) is 0. The lowest BCUT2D eigenvalue weighted by molar-refractivity contribution is 0.0206. The number of amides is 1. The highest BCUT2D eigenvalue weighted by Gasteiger charge is 2.32. The topological polar surface area (TPSA) is 29.5 Å². The summed E-state index contributed by atoms with van der Waals surface area (Å²) in [5.74, 6) is 0. The standard InChI is InChI=1S/C12H22FNO2/c1-9(13)8-10-6-5-7-14(10)11(15)16-12(2,3)4/h9-10H,5-8H2,1-4H3/t9?,10-/m0/s1. The largest absolute Gasteiger partial charge is 0.444 e. The van der Waals surface area contributed by atoms with E-state index in [-0.39, 0.29) is 12.1 Å². The third-order valence-corrected chi connectivity index (χ3v) is 2.60. The summed E-state index contributed by atoms with van der Waals surface area (Å²) in [6.45, 7) is 7.74. The van der Waals surface area contributed by atoms with Crippen molar-refractivity contribution in [2.75, 3.05) is 6.54 Å². The number of alkyl halides is 1. The van der Waals surface area contributed by atoms with Crippen molar-refractivity contribution in [3.8, 4) is 0 Å². The predicted octanol–water partition coefficient (Wildman–Crippen LogP) is 3.13. The quantitative estimate of drug-likeness (QED) is 0.730. The summed E-state index contributed by atoms with van der Waals surface area (Å²) in [7, 11) is 0. The first-order chi connectivity index (χ1) is 7.29. The van der Waals surface area contributed by atoms with Crippen LogP contribution in [0.15, 0.2) is 0 Å². The van der Waals surface area contributed by atoms with Crippen molar-refractivity contribution in [1.82, 2.24) is 4.90 Å². The first-order valence-corrected chi connectivity index (χ1v) is 5.93. The van der Waals surface area contributed by atoms with E-state index >= 15 is 0 Å². The molecule has 0 aromatic rings. The number of carbonyl (C=O) groups is 1. The summed E-state index contributed by atoms with van der Waals surface area (Å²) >= 11 is 0. The minimum atomic E-state index is -0.868. The average molecular weight is 231 g/mol. The third-order valence-electron chi connectivity index (χ3n) is 2.60. The van der Waals surface area contributed by atoms with Crippen molar-refractivity contribution in [2.45, 2.75) is 64.8 Å². The Kier molecular flexibility index (Phi) is 4.16. The van der Waals surface area contributed by atoms with Gasteiger partial charge >= 0.3 is 6.09 Å². The maximum Gasteiger partial charge on any atom is 0.410 e. The zero-order chi connectivity index (χ0) is 12.3. The summed E-state index contributed by atoms with van der Waals surface area (Å²) in [6, 6.07) is 0.00912. The Morgan fingerprint density at radius 2 is 2.19 bits per heavy atom. The SMILES string of the molecule is CC(F)C[C@@H]1CCCN1C(=O)OC(C)(C)C. The second-order valence-corrected chi connectivity index (χ2v) is 5.49. The van der Waals surface area contributed by atoms with Gasteiger partial charge in [-0.1, -0.05) is 0 Å². The van der Waals surface area contributed by atoms with Crippen molar-refractivity contribution >= 4 is 6.09 Å². The molecule has 0 bridgehead atoms. The normalized spacial score (nSPS) is 23.3. The van der Waals surface area contributed by atoms with Crippen LogP contribution in [-0.2, 0) is 4.74 Å². The molecule has 16 heavy (non-hydrogen) atoms. The molecule has 0 N–H and O–H groups in total. The lowest BCUT2D eigenvalue weighted by Crippen LogP contribution is -2.40. The molecule has 0 radical (unpaired) electrons. The first-order valence-electron chi connectivity index (χ1n) is 5.93. The van der Waals surface area contributed by atoms with Crippen LogP contribution in [0.1, 0.15) is 47.0 Å². The van der Waals surface area contributed by atoms with Gasteiger partial charge in [-0.05, 0) is 47.0 Å². The maximum absolute atomic E-state index is 12.9. The summed E-state index contributed by atoms with van der Waals surface area (Å²) < 4.78 is 18.2. The molecule has 1 saturated heterocycles.